The molecule has 0 radical (unpaired) electrons. The first-order valence-corrected chi connectivity index (χ1v) is 7.82. The molecule has 4 nitrogen and oxygen atoms in total. The molecule has 0 aliphatic carbocycles. The lowest BCUT2D eigenvalue weighted by atomic mass is 9.86. The zero-order chi connectivity index (χ0) is 14.3. The molecule has 0 amide bonds. The maximum Gasteiger partial charge on any atom is 0.0431 e. The smallest absolute Gasteiger partial charge is 0.0431 e. The van der Waals surface area contributed by atoms with Crippen molar-refractivity contribution < 1.29 is 5.11 Å². The van der Waals surface area contributed by atoms with Gasteiger partial charge in [0.05, 0.1) is 0 Å². The molecule has 0 spiro atoms. The Balaban J connectivity index is 2.41. The first-order chi connectivity index (χ1) is 9.01. The summed E-state index contributed by atoms with van der Waals surface area (Å²) < 4.78 is 0. The van der Waals surface area contributed by atoms with E-state index in [2.05, 4.69) is 31.0 Å². The molecular formula is C15H33N3O. The van der Waals surface area contributed by atoms with Crippen LogP contribution in [-0.2, 0) is 0 Å². The summed E-state index contributed by atoms with van der Waals surface area (Å²) in [5.41, 5.74) is 6.14. The molecule has 0 bridgehead atoms. The quantitative estimate of drug-likeness (QED) is 0.620. The fourth-order valence-electron chi connectivity index (χ4n) is 3.08. The van der Waals surface area contributed by atoms with Gasteiger partial charge >= 0.3 is 0 Å². The number of aliphatic hydroxyl groups is 1. The van der Waals surface area contributed by atoms with Crippen molar-refractivity contribution in [2.24, 2.45) is 11.7 Å². The summed E-state index contributed by atoms with van der Waals surface area (Å²) in [5, 5.41) is 12.6. The summed E-state index contributed by atoms with van der Waals surface area (Å²) in [6.07, 6.45) is 4.17. The number of nitrogens with one attached hydrogen (secondary N) is 1. The molecular weight excluding hydrogens is 238 g/mol. The van der Waals surface area contributed by atoms with Gasteiger partial charge in [-0.2, -0.15) is 0 Å². The van der Waals surface area contributed by atoms with E-state index in [1.165, 1.54) is 6.54 Å². The van der Waals surface area contributed by atoms with Gasteiger partial charge in [-0.15, -0.1) is 0 Å². The highest BCUT2D eigenvalue weighted by Crippen LogP contribution is 2.23. The third kappa shape index (κ3) is 5.78. The number of hydrogen-bond donors (Lipinski definition) is 3. The van der Waals surface area contributed by atoms with E-state index in [0.717, 1.165) is 44.7 Å². The molecule has 1 atom stereocenters. The van der Waals surface area contributed by atoms with Gasteiger partial charge in [0, 0.05) is 31.3 Å². The van der Waals surface area contributed by atoms with Crippen LogP contribution in [0.4, 0.5) is 0 Å². The largest absolute Gasteiger partial charge is 0.396 e. The molecule has 4 heteroatoms. The molecule has 1 fully saturated rings. The summed E-state index contributed by atoms with van der Waals surface area (Å²) in [6, 6.07) is 0.437. The van der Waals surface area contributed by atoms with Crippen molar-refractivity contribution in [2.75, 3.05) is 32.8 Å². The van der Waals surface area contributed by atoms with Crippen LogP contribution in [0.5, 0.6) is 0 Å². The van der Waals surface area contributed by atoms with Crippen molar-refractivity contribution in [1.82, 2.24) is 10.2 Å². The van der Waals surface area contributed by atoms with Crippen LogP contribution in [0.3, 0.4) is 0 Å². The van der Waals surface area contributed by atoms with Crippen LogP contribution in [0, 0.1) is 5.92 Å². The van der Waals surface area contributed by atoms with Crippen LogP contribution in [0.1, 0.15) is 46.5 Å². The maximum atomic E-state index is 8.90. The van der Waals surface area contributed by atoms with Crippen molar-refractivity contribution in [1.29, 1.82) is 0 Å². The van der Waals surface area contributed by atoms with Crippen molar-refractivity contribution in [2.45, 2.75) is 58.0 Å². The second kappa shape index (κ2) is 8.20. The molecule has 0 aromatic rings. The van der Waals surface area contributed by atoms with E-state index in [1.807, 2.05) is 0 Å². The Bertz CT molecular complexity index is 238. The standard InChI is InChI=1S/C15H33N3O/c1-13(2)11-18-8-6-15(12-16,7-9-18)17-14(3)5-4-10-19/h13-14,17,19H,4-12,16H2,1-3H3. The van der Waals surface area contributed by atoms with E-state index in [-0.39, 0.29) is 12.1 Å². The molecule has 1 aliphatic heterocycles. The highest BCUT2D eigenvalue weighted by atomic mass is 16.2. The summed E-state index contributed by atoms with van der Waals surface area (Å²) in [5.74, 6) is 0.738. The van der Waals surface area contributed by atoms with Crippen molar-refractivity contribution >= 4 is 0 Å². The number of rotatable bonds is 8. The first-order valence-electron chi connectivity index (χ1n) is 7.82. The Morgan fingerprint density at radius 3 is 2.37 bits per heavy atom. The van der Waals surface area contributed by atoms with Crippen molar-refractivity contribution in [3.8, 4) is 0 Å². The summed E-state index contributed by atoms with van der Waals surface area (Å²) in [4.78, 5) is 2.55. The topological polar surface area (TPSA) is 61.5 Å². The number of piperidine rings is 1. The number of nitrogens with two attached hydrogens (primary N) is 1. The van der Waals surface area contributed by atoms with Crippen LogP contribution in [-0.4, -0.2) is 54.4 Å². The summed E-state index contributed by atoms with van der Waals surface area (Å²) in [6.45, 7) is 11.2. The normalized spacial score (nSPS) is 21.8. The van der Waals surface area contributed by atoms with E-state index >= 15 is 0 Å². The zero-order valence-electron chi connectivity index (χ0n) is 13.0. The molecule has 1 unspecified atom stereocenters. The third-order valence-electron chi connectivity index (χ3n) is 4.18. The van der Waals surface area contributed by atoms with E-state index in [9.17, 15) is 0 Å². The minimum absolute atomic E-state index is 0.113. The Morgan fingerprint density at radius 1 is 1.26 bits per heavy atom. The predicted octanol–water partition coefficient (Wildman–Crippen LogP) is 1.19. The van der Waals surface area contributed by atoms with Gasteiger partial charge in [-0.05, 0) is 51.6 Å². The van der Waals surface area contributed by atoms with Crippen LogP contribution < -0.4 is 11.1 Å². The van der Waals surface area contributed by atoms with E-state index < -0.39 is 0 Å². The predicted molar refractivity (Wildman–Crippen MR) is 81.2 cm³/mol. The van der Waals surface area contributed by atoms with E-state index in [0.29, 0.717) is 12.6 Å². The highest BCUT2D eigenvalue weighted by molar-refractivity contribution is 4.95. The summed E-state index contributed by atoms with van der Waals surface area (Å²) in [7, 11) is 0. The van der Waals surface area contributed by atoms with Gasteiger partial charge in [0.15, 0.2) is 0 Å². The minimum Gasteiger partial charge on any atom is -0.396 e. The van der Waals surface area contributed by atoms with Gasteiger partial charge in [0.1, 0.15) is 0 Å². The molecule has 114 valence electrons. The number of aliphatic hydroxyl groups excluding tert-OH is 1. The van der Waals surface area contributed by atoms with E-state index in [1.54, 1.807) is 0 Å². The molecule has 1 heterocycles. The lowest BCUT2D eigenvalue weighted by Crippen LogP contribution is -2.60. The minimum atomic E-state index is 0.113. The zero-order valence-corrected chi connectivity index (χ0v) is 13.0. The van der Waals surface area contributed by atoms with Gasteiger partial charge in [0.2, 0.25) is 0 Å². The Kier molecular flexibility index (Phi) is 7.29. The monoisotopic (exact) mass is 271 g/mol. The van der Waals surface area contributed by atoms with Crippen LogP contribution in [0.15, 0.2) is 0 Å². The Hall–Kier alpha value is -0.160. The number of nitrogens with zero attached hydrogens (tertiary/aromatic N) is 1. The second-order valence-electron chi connectivity index (χ2n) is 6.59. The van der Waals surface area contributed by atoms with Gasteiger partial charge in [-0.3, -0.25) is 0 Å². The molecule has 19 heavy (non-hydrogen) atoms. The average Bonchev–Trinajstić information content (AvgIpc) is 2.38. The number of likely N-dealkylation sites (tertiary alicyclic amines) is 1. The Labute approximate surface area is 118 Å². The van der Waals surface area contributed by atoms with Crippen molar-refractivity contribution in [3.63, 3.8) is 0 Å². The maximum absolute atomic E-state index is 8.90. The van der Waals surface area contributed by atoms with Crippen molar-refractivity contribution in [3.05, 3.63) is 0 Å². The fourth-order valence-corrected chi connectivity index (χ4v) is 3.08. The molecule has 1 saturated heterocycles. The number of hydrogen-bond acceptors (Lipinski definition) is 4. The van der Waals surface area contributed by atoms with E-state index in [4.69, 9.17) is 10.8 Å². The van der Waals surface area contributed by atoms with Gasteiger partial charge < -0.3 is 21.1 Å². The molecule has 1 aliphatic rings. The highest BCUT2D eigenvalue weighted by Gasteiger charge is 2.34. The molecule has 1 rings (SSSR count). The van der Waals surface area contributed by atoms with Crippen LogP contribution in [0.2, 0.25) is 0 Å². The molecule has 4 N–H and O–H groups in total. The first kappa shape index (κ1) is 16.9. The fraction of sp³-hybridized carbons (Fsp3) is 1.00. The molecule has 0 aromatic carbocycles. The van der Waals surface area contributed by atoms with Crippen LogP contribution >= 0.6 is 0 Å². The molecule has 0 saturated carbocycles. The Morgan fingerprint density at radius 2 is 1.89 bits per heavy atom. The molecule has 0 aromatic heterocycles. The average molecular weight is 271 g/mol. The van der Waals surface area contributed by atoms with Crippen LogP contribution in [0.25, 0.3) is 0 Å². The lowest BCUT2D eigenvalue weighted by molar-refractivity contribution is 0.118. The van der Waals surface area contributed by atoms with Gasteiger partial charge in [-0.25, -0.2) is 0 Å². The second-order valence-corrected chi connectivity index (χ2v) is 6.59. The van der Waals surface area contributed by atoms with Gasteiger partial charge in [0.25, 0.3) is 0 Å². The summed E-state index contributed by atoms with van der Waals surface area (Å²) >= 11 is 0. The third-order valence-corrected chi connectivity index (χ3v) is 4.18. The SMILES string of the molecule is CC(C)CN1CCC(CN)(NC(C)CCCO)CC1. The van der Waals surface area contributed by atoms with Gasteiger partial charge in [-0.1, -0.05) is 13.8 Å². The lowest BCUT2D eigenvalue weighted by Gasteiger charge is -2.44.